The average Bonchev–Trinajstić information content (AvgIpc) is 1.97. The molecule has 0 saturated carbocycles. The Labute approximate surface area is 76.6 Å². The van der Waals surface area contributed by atoms with Crippen LogP contribution in [0.15, 0.2) is 12.4 Å². The van der Waals surface area contributed by atoms with Gasteiger partial charge in [-0.05, 0) is 25.0 Å². The van der Waals surface area contributed by atoms with E-state index >= 15 is 0 Å². The first-order chi connectivity index (χ1) is 5.61. The van der Waals surface area contributed by atoms with E-state index in [9.17, 15) is 4.79 Å². The smallest absolute Gasteiger partial charge is 0.134 e. The first-order valence-electron chi connectivity index (χ1n) is 3.69. The number of Topliss-reactive ketones (excluding diaryl/α,β-unsaturated/α-hetero) is 1. The molecule has 0 spiro atoms. The highest BCUT2D eigenvalue weighted by atomic mass is 35.5. The van der Waals surface area contributed by atoms with Crippen molar-refractivity contribution in [2.24, 2.45) is 0 Å². The van der Waals surface area contributed by atoms with Crippen LogP contribution in [-0.4, -0.2) is 10.8 Å². The second-order valence-corrected chi connectivity index (χ2v) is 3.20. The minimum absolute atomic E-state index is 0.117. The van der Waals surface area contributed by atoms with Gasteiger partial charge < -0.3 is 0 Å². The number of rotatable bonds is 2. The van der Waals surface area contributed by atoms with E-state index < -0.39 is 0 Å². The number of hydrogen-bond acceptors (Lipinski definition) is 2. The van der Waals surface area contributed by atoms with Crippen molar-refractivity contribution in [3.63, 3.8) is 0 Å². The summed E-state index contributed by atoms with van der Waals surface area (Å²) in [6.07, 6.45) is 3.67. The number of hydrogen-bond donors (Lipinski definition) is 0. The number of carbonyl (C=O) groups is 1. The molecule has 1 aromatic heterocycles. The van der Waals surface area contributed by atoms with Crippen molar-refractivity contribution in [1.82, 2.24) is 4.98 Å². The summed E-state index contributed by atoms with van der Waals surface area (Å²) in [5, 5.41) is 0.574. The molecule has 1 aromatic rings. The van der Waals surface area contributed by atoms with Gasteiger partial charge in [0.15, 0.2) is 0 Å². The SMILES string of the molecule is CC(=O)Cc1c(C)cncc1Cl. The van der Waals surface area contributed by atoms with Gasteiger partial charge in [0.1, 0.15) is 5.78 Å². The Balaban J connectivity index is 3.04. The van der Waals surface area contributed by atoms with Crippen LogP contribution in [-0.2, 0) is 11.2 Å². The van der Waals surface area contributed by atoms with Crippen LogP contribution in [0.3, 0.4) is 0 Å². The van der Waals surface area contributed by atoms with Crippen LogP contribution in [0, 0.1) is 6.92 Å². The number of aromatic nitrogens is 1. The summed E-state index contributed by atoms with van der Waals surface area (Å²) in [5.41, 5.74) is 1.86. The maximum absolute atomic E-state index is 10.8. The lowest BCUT2D eigenvalue weighted by Crippen LogP contribution is -2.00. The fourth-order valence-electron chi connectivity index (χ4n) is 1.03. The molecule has 1 rings (SSSR count). The highest BCUT2D eigenvalue weighted by Crippen LogP contribution is 2.18. The van der Waals surface area contributed by atoms with Crippen LogP contribution in [0.1, 0.15) is 18.1 Å². The zero-order valence-electron chi connectivity index (χ0n) is 7.10. The largest absolute Gasteiger partial charge is 0.300 e. The molecule has 0 atom stereocenters. The highest BCUT2D eigenvalue weighted by molar-refractivity contribution is 6.31. The van der Waals surface area contributed by atoms with Gasteiger partial charge in [0.25, 0.3) is 0 Å². The van der Waals surface area contributed by atoms with E-state index in [1.165, 1.54) is 0 Å². The molecule has 0 radical (unpaired) electrons. The molecule has 0 aliphatic heterocycles. The number of nitrogens with zero attached hydrogens (tertiary/aromatic N) is 1. The van der Waals surface area contributed by atoms with E-state index in [0.717, 1.165) is 11.1 Å². The molecule has 64 valence electrons. The van der Waals surface area contributed by atoms with Crippen molar-refractivity contribution in [3.05, 3.63) is 28.5 Å². The third-order valence-corrected chi connectivity index (χ3v) is 1.97. The molecule has 0 bridgehead atoms. The molecule has 1 heterocycles. The number of carbonyl (C=O) groups excluding carboxylic acids is 1. The summed E-state index contributed by atoms with van der Waals surface area (Å²) in [5.74, 6) is 0.117. The highest BCUT2D eigenvalue weighted by Gasteiger charge is 2.05. The van der Waals surface area contributed by atoms with Crippen LogP contribution in [0.25, 0.3) is 0 Å². The third kappa shape index (κ3) is 2.05. The van der Waals surface area contributed by atoms with Crippen LogP contribution < -0.4 is 0 Å². The van der Waals surface area contributed by atoms with Crippen molar-refractivity contribution in [1.29, 1.82) is 0 Å². The van der Waals surface area contributed by atoms with Gasteiger partial charge in [-0.2, -0.15) is 0 Å². The van der Waals surface area contributed by atoms with Gasteiger partial charge in [-0.1, -0.05) is 11.6 Å². The summed E-state index contributed by atoms with van der Waals surface area (Å²) >= 11 is 5.86. The van der Waals surface area contributed by atoms with Crippen molar-refractivity contribution >= 4 is 17.4 Å². The fraction of sp³-hybridized carbons (Fsp3) is 0.333. The Morgan fingerprint density at radius 1 is 1.58 bits per heavy atom. The van der Waals surface area contributed by atoms with E-state index in [4.69, 9.17) is 11.6 Å². The van der Waals surface area contributed by atoms with Crippen molar-refractivity contribution in [3.8, 4) is 0 Å². The fourth-order valence-corrected chi connectivity index (χ4v) is 1.30. The second kappa shape index (κ2) is 3.68. The lowest BCUT2D eigenvalue weighted by molar-refractivity contribution is -0.116. The van der Waals surface area contributed by atoms with Crippen LogP contribution in [0.5, 0.6) is 0 Å². The van der Waals surface area contributed by atoms with Crippen LogP contribution in [0.2, 0.25) is 5.02 Å². The van der Waals surface area contributed by atoms with Gasteiger partial charge in [0, 0.05) is 18.8 Å². The molecule has 0 aromatic carbocycles. The monoisotopic (exact) mass is 183 g/mol. The Morgan fingerprint density at radius 3 is 2.75 bits per heavy atom. The predicted octanol–water partition coefficient (Wildman–Crippen LogP) is 2.17. The third-order valence-electron chi connectivity index (χ3n) is 1.65. The molecular weight excluding hydrogens is 174 g/mol. The Bertz CT molecular complexity index is 289. The normalized spacial score (nSPS) is 9.92. The van der Waals surface area contributed by atoms with E-state index in [1.54, 1.807) is 19.3 Å². The number of halogens is 1. The summed E-state index contributed by atoms with van der Waals surface area (Å²) in [6, 6.07) is 0. The zero-order valence-corrected chi connectivity index (χ0v) is 7.85. The minimum Gasteiger partial charge on any atom is -0.300 e. The van der Waals surface area contributed by atoms with Gasteiger partial charge in [-0.3, -0.25) is 9.78 Å². The molecule has 0 amide bonds. The first-order valence-corrected chi connectivity index (χ1v) is 4.07. The summed E-state index contributed by atoms with van der Waals surface area (Å²) in [4.78, 5) is 14.7. The molecule has 0 aliphatic rings. The Kier molecular flexibility index (Phi) is 2.82. The van der Waals surface area contributed by atoms with E-state index in [1.807, 2.05) is 6.92 Å². The lowest BCUT2D eigenvalue weighted by atomic mass is 10.1. The van der Waals surface area contributed by atoms with Crippen LogP contribution in [0.4, 0.5) is 0 Å². The number of aryl methyl sites for hydroxylation is 1. The lowest BCUT2D eigenvalue weighted by Gasteiger charge is -2.03. The minimum atomic E-state index is 0.117. The van der Waals surface area contributed by atoms with Gasteiger partial charge in [0.05, 0.1) is 5.02 Å². The molecular formula is C9H10ClNO. The summed E-state index contributed by atoms with van der Waals surface area (Å²) in [6.45, 7) is 3.45. The van der Waals surface area contributed by atoms with Crippen LogP contribution >= 0.6 is 11.6 Å². The van der Waals surface area contributed by atoms with Gasteiger partial charge in [-0.15, -0.1) is 0 Å². The van der Waals surface area contributed by atoms with E-state index in [2.05, 4.69) is 4.98 Å². The van der Waals surface area contributed by atoms with Crippen molar-refractivity contribution < 1.29 is 4.79 Å². The molecule has 12 heavy (non-hydrogen) atoms. The molecule has 3 heteroatoms. The number of pyridine rings is 1. The zero-order chi connectivity index (χ0) is 9.14. The molecule has 0 aliphatic carbocycles. The predicted molar refractivity (Wildman–Crippen MR) is 48.4 cm³/mol. The molecule has 2 nitrogen and oxygen atoms in total. The van der Waals surface area contributed by atoms with Gasteiger partial charge in [-0.25, -0.2) is 0 Å². The summed E-state index contributed by atoms with van der Waals surface area (Å²) < 4.78 is 0. The molecule has 0 fully saturated rings. The van der Waals surface area contributed by atoms with Gasteiger partial charge >= 0.3 is 0 Å². The molecule has 0 saturated heterocycles. The first kappa shape index (κ1) is 9.20. The van der Waals surface area contributed by atoms with E-state index in [-0.39, 0.29) is 5.78 Å². The topological polar surface area (TPSA) is 30.0 Å². The van der Waals surface area contributed by atoms with E-state index in [0.29, 0.717) is 11.4 Å². The van der Waals surface area contributed by atoms with Crippen molar-refractivity contribution in [2.75, 3.05) is 0 Å². The quantitative estimate of drug-likeness (QED) is 0.704. The molecule has 0 unspecified atom stereocenters. The van der Waals surface area contributed by atoms with Crippen molar-refractivity contribution in [2.45, 2.75) is 20.3 Å². The summed E-state index contributed by atoms with van der Waals surface area (Å²) in [7, 11) is 0. The Morgan fingerprint density at radius 2 is 2.25 bits per heavy atom. The van der Waals surface area contributed by atoms with Gasteiger partial charge in [0.2, 0.25) is 0 Å². The maximum Gasteiger partial charge on any atom is 0.134 e. The number of ketones is 1. The maximum atomic E-state index is 10.8. The molecule has 0 N–H and O–H groups in total. The second-order valence-electron chi connectivity index (χ2n) is 2.80. The Hall–Kier alpha value is -0.890. The average molecular weight is 184 g/mol. The standard InChI is InChI=1S/C9H10ClNO/c1-6-4-11-5-9(10)8(6)3-7(2)12/h4-5H,3H2,1-2H3.